The molecular weight excluding hydrogens is 192 g/mol. The Hall–Kier alpha value is -2.02. The number of aryl methyl sites for hydroxylation is 1. The van der Waals surface area contributed by atoms with Crippen molar-refractivity contribution in [3.8, 4) is 11.8 Å². The van der Waals surface area contributed by atoms with Crippen LogP contribution < -0.4 is 10.1 Å². The van der Waals surface area contributed by atoms with E-state index in [4.69, 9.17) is 10.00 Å². The minimum absolute atomic E-state index is 0.00404. The molecule has 0 saturated heterocycles. The van der Waals surface area contributed by atoms with Crippen LogP contribution in [0.2, 0.25) is 0 Å². The van der Waals surface area contributed by atoms with Gasteiger partial charge in [-0.1, -0.05) is 11.6 Å². The third-order valence-electron chi connectivity index (χ3n) is 1.93. The highest BCUT2D eigenvalue weighted by Crippen LogP contribution is 2.19. The number of hydrogen-bond acceptors (Lipinski definition) is 3. The summed E-state index contributed by atoms with van der Waals surface area (Å²) in [6.07, 6.45) is 0. The summed E-state index contributed by atoms with van der Waals surface area (Å²) >= 11 is 0. The molecule has 0 aliphatic rings. The standard InChI is InChI=1S/C11H12N2O2/c1-8-3-4-10(15-2)9(7-8)11(14)13-6-5-12/h3-4,7H,6H2,1-2H3,(H,13,14). The van der Waals surface area contributed by atoms with Crippen LogP contribution in [-0.2, 0) is 0 Å². The lowest BCUT2D eigenvalue weighted by atomic mass is 10.1. The molecule has 1 rings (SSSR count). The molecule has 1 aromatic carbocycles. The Balaban J connectivity index is 2.96. The SMILES string of the molecule is COc1ccc(C)cc1C(=O)NCC#N. The first-order chi connectivity index (χ1) is 7.19. The van der Waals surface area contributed by atoms with Gasteiger partial charge in [-0.25, -0.2) is 0 Å². The van der Waals surface area contributed by atoms with Gasteiger partial charge in [-0.2, -0.15) is 5.26 Å². The fourth-order valence-electron chi connectivity index (χ4n) is 1.21. The molecule has 4 heteroatoms. The van der Waals surface area contributed by atoms with Crippen molar-refractivity contribution in [3.63, 3.8) is 0 Å². The molecule has 0 heterocycles. The van der Waals surface area contributed by atoms with Crippen LogP contribution in [0.4, 0.5) is 0 Å². The Morgan fingerprint density at radius 1 is 1.60 bits per heavy atom. The zero-order chi connectivity index (χ0) is 11.3. The Bertz CT molecular complexity index is 408. The molecule has 0 bridgehead atoms. The van der Waals surface area contributed by atoms with Gasteiger partial charge in [-0.05, 0) is 19.1 Å². The number of ether oxygens (including phenoxy) is 1. The second-order valence-electron chi connectivity index (χ2n) is 3.04. The lowest BCUT2D eigenvalue weighted by molar-refractivity contribution is 0.0955. The monoisotopic (exact) mass is 204 g/mol. The summed E-state index contributed by atoms with van der Waals surface area (Å²) in [6.45, 7) is 1.89. The Morgan fingerprint density at radius 2 is 2.33 bits per heavy atom. The summed E-state index contributed by atoms with van der Waals surface area (Å²) in [4.78, 5) is 11.6. The summed E-state index contributed by atoms with van der Waals surface area (Å²) in [7, 11) is 1.51. The van der Waals surface area contributed by atoms with Gasteiger partial charge in [-0.3, -0.25) is 4.79 Å². The van der Waals surface area contributed by atoms with E-state index in [2.05, 4.69) is 5.32 Å². The minimum atomic E-state index is -0.294. The van der Waals surface area contributed by atoms with Crippen molar-refractivity contribution in [2.24, 2.45) is 0 Å². The number of nitrogens with one attached hydrogen (secondary N) is 1. The lowest BCUT2D eigenvalue weighted by Gasteiger charge is -2.08. The zero-order valence-electron chi connectivity index (χ0n) is 8.70. The van der Waals surface area contributed by atoms with Crippen molar-refractivity contribution in [1.29, 1.82) is 5.26 Å². The van der Waals surface area contributed by atoms with Crippen LogP contribution in [0.3, 0.4) is 0 Å². The second kappa shape index (κ2) is 5.01. The highest BCUT2D eigenvalue weighted by atomic mass is 16.5. The van der Waals surface area contributed by atoms with Crippen molar-refractivity contribution in [1.82, 2.24) is 5.32 Å². The highest BCUT2D eigenvalue weighted by molar-refractivity contribution is 5.97. The van der Waals surface area contributed by atoms with E-state index < -0.39 is 0 Å². The molecule has 78 valence electrons. The number of carbonyl (C=O) groups excluding carboxylic acids is 1. The molecule has 4 nitrogen and oxygen atoms in total. The van der Waals surface area contributed by atoms with E-state index in [1.165, 1.54) is 7.11 Å². The van der Waals surface area contributed by atoms with Gasteiger partial charge in [-0.15, -0.1) is 0 Å². The maximum atomic E-state index is 11.6. The Morgan fingerprint density at radius 3 is 2.93 bits per heavy atom. The van der Waals surface area contributed by atoms with Crippen LogP contribution in [0.5, 0.6) is 5.75 Å². The van der Waals surface area contributed by atoms with Crippen molar-refractivity contribution in [2.45, 2.75) is 6.92 Å². The maximum absolute atomic E-state index is 11.6. The fourth-order valence-corrected chi connectivity index (χ4v) is 1.21. The summed E-state index contributed by atoms with van der Waals surface area (Å²) in [5.74, 6) is 0.216. The average molecular weight is 204 g/mol. The van der Waals surface area contributed by atoms with Gasteiger partial charge in [0.1, 0.15) is 12.3 Å². The molecule has 0 fully saturated rings. The number of nitrogens with zero attached hydrogens (tertiary/aromatic N) is 1. The molecule has 0 aliphatic carbocycles. The first-order valence-corrected chi connectivity index (χ1v) is 4.49. The van der Waals surface area contributed by atoms with E-state index in [1.807, 2.05) is 19.1 Å². The van der Waals surface area contributed by atoms with Crippen molar-refractivity contribution in [2.75, 3.05) is 13.7 Å². The van der Waals surface area contributed by atoms with Gasteiger partial charge in [0.2, 0.25) is 0 Å². The molecule has 15 heavy (non-hydrogen) atoms. The first kappa shape index (κ1) is 11.1. The van der Waals surface area contributed by atoms with Gasteiger partial charge in [0, 0.05) is 0 Å². The number of benzene rings is 1. The second-order valence-corrected chi connectivity index (χ2v) is 3.04. The molecule has 1 aromatic rings. The molecule has 1 N–H and O–H groups in total. The third-order valence-corrected chi connectivity index (χ3v) is 1.93. The molecule has 0 aliphatic heterocycles. The van der Waals surface area contributed by atoms with E-state index >= 15 is 0 Å². The van der Waals surface area contributed by atoms with Gasteiger partial charge < -0.3 is 10.1 Å². The summed E-state index contributed by atoms with van der Waals surface area (Å²) in [5.41, 5.74) is 1.42. The van der Waals surface area contributed by atoms with Crippen LogP contribution in [0.1, 0.15) is 15.9 Å². The van der Waals surface area contributed by atoms with Gasteiger partial charge in [0.25, 0.3) is 5.91 Å². The number of methoxy groups -OCH3 is 1. The predicted octanol–water partition coefficient (Wildman–Crippen LogP) is 1.26. The number of nitriles is 1. The molecule has 0 aromatic heterocycles. The van der Waals surface area contributed by atoms with Gasteiger partial charge >= 0.3 is 0 Å². The summed E-state index contributed by atoms with van der Waals surface area (Å²) in [6, 6.07) is 7.17. The number of amides is 1. The topological polar surface area (TPSA) is 62.1 Å². The number of rotatable bonds is 3. The lowest BCUT2D eigenvalue weighted by Crippen LogP contribution is -2.24. The Labute approximate surface area is 88.5 Å². The number of hydrogen-bond donors (Lipinski definition) is 1. The normalized spacial score (nSPS) is 9.13. The molecule has 0 atom stereocenters. The van der Waals surface area contributed by atoms with E-state index in [-0.39, 0.29) is 12.5 Å². The van der Waals surface area contributed by atoms with Crippen molar-refractivity contribution < 1.29 is 9.53 Å². The average Bonchev–Trinajstić information content (AvgIpc) is 2.25. The van der Waals surface area contributed by atoms with Gasteiger partial charge in [0.15, 0.2) is 0 Å². The van der Waals surface area contributed by atoms with Crippen molar-refractivity contribution >= 4 is 5.91 Å². The third kappa shape index (κ3) is 2.71. The van der Waals surface area contributed by atoms with Crippen LogP contribution in [0, 0.1) is 18.3 Å². The molecule has 0 saturated carbocycles. The van der Waals surface area contributed by atoms with E-state index in [0.29, 0.717) is 11.3 Å². The van der Waals surface area contributed by atoms with Crippen molar-refractivity contribution in [3.05, 3.63) is 29.3 Å². The predicted molar refractivity (Wildman–Crippen MR) is 55.7 cm³/mol. The molecule has 0 spiro atoms. The fraction of sp³-hybridized carbons (Fsp3) is 0.273. The minimum Gasteiger partial charge on any atom is -0.496 e. The first-order valence-electron chi connectivity index (χ1n) is 4.49. The summed E-state index contributed by atoms with van der Waals surface area (Å²) in [5, 5.41) is 10.8. The summed E-state index contributed by atoms with van der Waals surface area (Å²) < 4.78 is 5.06. The molecular formula is C11H12N2O2. The Kier molecular flexibility index (Phi) is 3.69. The zero-order valence-corrected chi connectivity index (χ0v) is 8.70. The quantitative estimate of drug-likeness (QED) is 0.754. The van der Waals surface area contributed by atoms with Crippen LogP contribution in [0.25, 0.3) is 0 Å². The van der Waals surface area contributed by atoms with Crippen LogP contribution in [0.15, 0.2) is 18.2 Å². The van der Waals surface area contributed by atoms with E-state index in [0.717, 1.165) is 5.56 Å². The highest BCUT2D eigenvalue weighted by Gasteiger charge is 2.11. The van der Waals surface area contributed by atoms with Crippen LogP contribution >= 0.6 is 0 Å². The largest absolute Gasteiger partial charge is 0.496 e. The van der Waals surface area contributed by atoms with E-state index in [1.54, 1.807) is 12.1 Å². The smallest absolute Gasteiger partial charge is 0.255 e. The number of carbonyl (C=O) groups is 1. The molecule has 0 unspecified atom stereocenters. The van der Waals surface area contributed by atoms with Crippen LogP contribution in [-0.4, -0.2) is 19.6 Å². The molecule has 0 radical (unpaired) electrons. The maximum Gasteiger partial charge on any atom is 0.255 e. The van der Waals surface area contributed by atoms with E-state index in [9.17, 15) is 4.79 Å². The van der Waals surface area contributed by atoms with Gasteiger partial charge in [0.05, 0.1) is 18.7 Å². The molecule has 1 amide bonds.